The molecule has 1 aromatic carbocycles. The normalized spacial score (nSPS) is 20.1. The first-order valence-electron chi connectivity index (χ1n) is 6.45. The van der Waals surface area contributed by atoms with Crippen molar-refractivity contribution in [1.82, 2.24) is 0 Å². The number of benzene rings is 1. The zero-order valence-electron chi connectivity index (χ0n) is 10.9. The molecule has 1 unspecified atom stereocenters. The number of nitrogens with zero attached hydrogens (tertiary/aromatic N) is 1. The van der Waals surface area contributed by atoms with E-state index in [0.717, 1.165) is 19.4 Å². The van der Waals surface area contributed by atoms with Crippen LogP contribution in [0, 0.1) is 5.92 Å². The molecule has 4 heteroatoms. The van der Waals surface area contributed by atoms with Gasteiger partial charge in [0, 0.05) is 29.5 Å². The molecule has 1 heterocycles. The van der Waals surface area contributed by atoms with Crippen molar-refractivity contribution in [2.45, 2.75) is 39.2 Å². The molecule has 2 N–H and O–H groups in total. The maximum atomic E-state index is 13.1. The van der Waals surface area contributed by atoms with Crippen LogP contribution in [-0.2, 0) is 0 Å². The van der Waals surface area contributed by atoms with Crippen molar-refractivity contribution in [3.63, 3.8) is 0 Å². The lowest BCUT2D eigenvalue weighted by molar-refractivity contribution is 0.151. The van der Waals surface area contributed by atoms with E-state index in [-0.39, 0.29) is 5.56 Å². The Morgan fingerprint density at radius 1 is 1.33 bits per heavy atom. The lowest BCUT2D eigenvalue weighted by Gasteiger charge is -2.31. The lowest BCUT2D eigenvalue weighted by Crippen LogP contribution is -2.34. The Labute approximate surface area is 107 Å². The van der Waals surface area contributed by atoms with Crippen LogP contribution in [-0.4, -0.2) is 12.6 Å². The average molecular weight is 254 g/mol. The topological polar surface area (TPSA) is 29.3 Å². The van der Waals surface area contributed by atoms with Crippen molar-refractivity contribution in [3.05, 3.63) is 23.8 Å². The molecule has 2 nitrogen and oxygen atoms in total. The molecule has 0 aromatic heterocycles. The molecule has 0 spiro atoms. The summed E-state index contributed by atoms with van der Waals surface area (Å²) in [5, 5.41) is 0. The third-order valence-corrected chi connectivity index (χ3v) is 3.66. The summed E-state index contributed by atoms with van der Waals surface area (Å²) in [7, 11) is 0. The fourth-order valence-electron chi connectivity index (χ4n) is 2.79. The maximum absolute atomic E-state index is 13.1. The Morgan fingerprint density at radius 3 is 2.67 bits per heavy atom. The Kier molecular flexibility index (Phi) is 3.73. The van der Waals surface area contributed by atoms with E-state index in [9.17, 15) is 8.78 Å². The summed E-state index contributed by atoms with van der Waals surface area (Å²) >= 11 is 0. The highest BCUT2D eigenvalue weighted by Crippen LogP contribution is 2.37. The van der Waals surface area contributed by atoms with E-state index in [1.54, 1.807) is 12.1 Å². The molecule has 1 aromatic rings. The second kappa shape index (κ2) is 5.12. The van der Waals surface area contributed by atoms with Gasteiger partial charge in [0.2, 0.25) is 0 Å². The molecule has 0 bridgehead atoms. The first-order valence-corrected chi connectivity index (χ1v) is 6.45. The van der Waals surface area contributed by atoms with Crippen molar-refractivity contribution in [3.8, 4) is 0 Å². The largest absolute Gasteiger partial charge is 0.399 e. The standard InChI is InChI=1S/C14H20F2N2/c1-9(2)12-4-3-7-18(12)13-6-5-10(17)8-11(13)14(15)16/h5-6,8-9,12,14H,3-4,7,17H2,1-2H3. The third kappa shape index (κ3) is 2.42. The molecule has 0 aliphatic carbocycles. The molecule has 0 saturated carbocycles. The van der Waals surface area contributed by atoms with Crippen molar-refractivity contribution in [1.29, 1.82) is 0 Å². The molecule has 18 heavy (non-hydrogen) atoms. The molecule has 100 valence electrons. The third-order valence-electron chi connectivity index (χ3n) is 3.66. The fraction of sp³-hybridized carbons (Fsp3) is 0.571. The van der Waals surface area contributed by atoms with Gasteiger partial charge >= 0.3 is 0 Å². The van der Waals surface area contributed by atoms with E-state index >= 15 is 0 Å². The summed E-state index contributed by atoms with van der Waals surface area (Å²) in [4.78, 5) is 2.12. The maximum Gasteiger partial charge on any atom is 0.265 e. The lowest BCUT2D eigenvalue weighted by atomic mass is 10.0. The number of rotatable bonds is 3. The van der Waals surface area contributed by atoms with E-state index in [2.05, 4.69) is 18.7 Å². The van der Waals surface area contributed by atoms with Gasteiger partial charge in [-0.1, -0.05) is 13.8 Å². The minimum absolute atomic E-state index is 0.0579. The second-order valence-electron chi connectivity index (χ2n) is 5.27. The highest BCUT2D eigenvalue weighted by atomic mass is 19.3. The molecular weight excluding hydrogens is 234 g/mol. The molecule has 1 fully saturated rings. The predicted molar refractivity (Wildman–Crippen MR) is 71.0 cm³/mol. The summed E-state index contributed by atoms with van der Waals surface area (Å²) in [5.41, 5.74) is 6.71. The minimum atomic E-state index is -2.48. The summed E-state index contributed by atoms with van der Waals surface area (Å²) in [6, 6.07) is 5.19. The molecule has 1 saturated heterocycles. The molecule has 2 rings (SSSR count). The zero-order chi connectivity index (χ0) is 13.3. The SMILES string of the molecule is CC(C)C1CCCN1c1ccc(N)cc1C(F)F. The Balaban J connectivity index is 2.38. The van der Waals surface area contributed by atoms with Crippen LogP contribution in [0.1, 0.15) is 38.7 Å². The van der Waals surface area contributed by atoms with Gasteiger partial charge in [0.25, 0.3) is 6.43 Å². The van der Waals surface area contributed by atoms with Gasteiger partial charge in [0.1, 0.15) is 0 Å². The fourth-order valence-corrected chi connectivity index (χ4v) is 2.79. The summed E-state index contributed by atoms with van der Waals surface area (Å²) in [6.07, 6.45) is -0.336. The highest BCUT2D eigenvalue weighted by Gasteiger charge is 2.30. The van der Waals surface area contributed by atoms with E-state index < -0.39 is 6.43 Å². The van der Waals surface area contributed by atoms with Crippen molar-refractivity contribution in [2.24, 2.45) is 5.92 Å². The second-order valence-corrected chi connectivity index (χ2v) is 5.27. The Hall–Kier alpha value is -1.32. The number of alkyl halides is 2. The van der Waals surface area contributed by atoms with E-state index in [0.29, 0.717) is 23.3 Å². The summed E-state index contributed by atoms with van der Waals surface area (Å²) < 4.78 is 26.2. The van der Waals surface area contributed by atoms with E-state index in [1.807, 2.05) is 0 Å². The first-order chi connectivity index (χ1) is 8.50. The van der Waals surface area contributed by atoms with Crippen LogP contribution in [0.5, 0.6) is 0 Å². The molecule has 0 radical (unpaired) electrons. The predicted octanol–water partition coefficient (Wildman–Crippen LogP) is 3.83. The van der Waals surface area contributed by atoms with Crippen LogP contribution in [0.15, 0.2) is 18.2 Å². The van der Waals surface area contributed by atoms with Crippen LogP contribution in [0.2, 0.25) is 0 Å². The van der Waals surface area contributed by atoms with Gasteiger partial charge in [-0.2, -0.15) is 0 Å². The van der Waals surface area contributed by atoms with Gasteiger partial charge < -0.3 is 10.6 Å². The van der Waals surface area contributed by atoms with Gasteiger partial charge in [-0.15, -0.1) is 0 Å². The summed E-state index contributed by atoms with van der Waals surface area (Å²) in [6.45, 7) is 5.14. The van der Waals surface area contributed by atoms with Crippen LogP contribution in [0.4, 0.5) is 20.2 Å². The quantitative estimate of drug-likeness (QED) is 0.831. The van der Waals surface area contributed by atoms with E-state index in [1.165, 1.54) is 6.07 Å². The highest BCUT2D eigenvalue weighted by molar-refractivity contribution is 5.61. The smallest absolute Gasteiger partial charge is 0.265 e. The van der Waals surface area contributed by atoms with Crippen molar-refractivity contribution < 1.29 is 8.78 Å². The first kappa shape index (κ1) is 13.1. The van der Waals surface area contributed by atoms with Gasteiger partial charge in [-0.05, 0) is 37.0 Å². The molecule has 0 amide bonds. The average Bonchev–Trinajstić information content (AvgIpc) is 2.77. The Bertz CT molecular complexity index is 418. The van der Waals surface area contributed by atoms with Crippen molar-refractivity contribution >= 4 is 11.4 Å². The van der Waals surface area contributed by atoms with Gasteiger partial charge in [-0.3, -0.25) is 0 Å². The molecule has 1 aliphatic rings. The number of nitrogens with two attached hydrogens (primary N) is 1. The minimum Gasteiger partial charge on any atom is -0.399 e. The van der Waals surface area contributed by atoms with Gasteiger partial charge in [0.05, 0.1) is 0 Å². The number of anilines is 2. The van der Waals surface area contributed by atoms with Gasteiger partial charge in [-0.25, -0.2) is 8.78 Å². The van der Waals surface area contributed by atoms with Crippen LogP contribution < -0.4 is 10.6 Å². The molecular formula is C14H20F2N2. The summed E-state index contributed by atoms with van der Waals surface area (Å²) in [5.74, 6) is 0.468. The number of hydrogen-bond acceptors (Lipinski definition) is 2. The zero-order valence-corrected chi connectivity index (χ0v) is 10.9. The van der Waals surface area contributed by atoms with Crippen molar-refractivity contribution in [2.75, 3.05) is 17.2 Å². The van der Waals surface area contributed by atoms with Gasteiger partial charge in [0.15, 0.2) is 0 Å². The Morgan fingerprint density at radius 2 is 2.06 bits per heavy atom. The molecule has 1 atom stereocenters. The number of hydrogen-bond donors (Lipinski definition) is 1. The van der Waals surface area contributed by atoms with Crippen LogP contribution in [0.3, 0.4) is 0 Å². The van der Waals surface area contributed by atoms with E-state index in [4.69, 9.17) is 5.73 Å². The number of halogens is 2. The van der Waals surface area contributed by atoms with Crippen LogP contribution in [0.25, 0.3) is 0 Å². The monoisotopic (exact) mass is 254 g/mol. The van der Waals surface area contributed by atoms with Crippen LogP contribution >= 0.6 is 0 Å². The number of nitrogen functional groups attached to an aromatic ring is 1. The molecule has 1 aliphatic heterocycles.